The molecule has 0 aliphatic carbocycles. The topological polar surface area (TPSA) is 58.6 Å². The molecule has 0 radical (unpaired) electrons. The van der Waals surface area contributed by atoms with Gasteiger partial charge in [0.15, 0.2) is 0 Å². The summed E-state index contributed by atoms with van der Waals surface area (Å²) in [5.41, 5.74) is 2.22. The lowest BCUT2D eigenvalue weighted by Gasteiger charge is -2.31. The molecule has 0 aromatic heterocycles. The molecule has 4 aromatic rings. The molecule has 0 spiro atoms. The Labute approximate surface area is 209 Å². The number of hydrogen-bond acceptors (Lipinski definition) is 3. The average molecular weight is 483 g/mol. The summed E-state index contributed by atoms with van der Waals surface area (Å²) < 4.78 is 18.9. The fourth-order valence-electron chi connectivity index (χ4n) is 4.58. The highest BCUT2D eigenvalue weighted by molar-refractivity contribution is 6.07. The minimum Gasteiger partial charge on any atom is -0.489 e. The van der Waals surface area contributed by atoms with E-state index in [9.17, 15) is 14.0 Å². The lowest BCUT2D eigenvalue weighted by Crippen LogP contribution is -2.41. The summed E-state index contributed by atoms with van der Waals surface area (Å²) in [6.45, 7) is 1.39. The van der Waals surface area contributed by atoms with E-state index in [1.54, 1.807) is 18.2 Å². The highest BCUT2D eigenvalue weighted by Gasteiger charge is 2.28. The third-order valence-electron chi connectivity index (χ3n) is 6.59. The predicted octanol–water partition coefficient (Wildman–Crippen LogP) is 6.05. The molecule has 1 heterocycles. The number of hydrogen-bond donors (Lipinski definition) is 1. The number of piperidine rings is 1. The number of nitrogens with zero attached hydrogens (tertiary/aromatic N) is 1. The van der Waals surface area contributed by atoms with E-state index in [0.717, 1.165) is 16.3 Å². The molecule has 0 bridgehead atoms. The third-order valence-corrected chi connectivity index (χ3v) is 6.59. The lowest BCUT2D eigenvalue weighted by atomic mass is 9.94. The van der Waals surface area contributed by atoms with Crippen LogP contribution in [0.15, 0.2) is 91.0 Å². The second-order valence-corrected chi connectivity index (χ2v) is 9.03. The van der Waals surface area contributed by atoms with Crippen molar-refractivity contribution >= 4 is 28.3 Å². The van der Waals surface area contributed by atoms with Gasteiger partial charge in [-0.2, -0.15) is 0 Å². The van der Waals surface area contributed by atoms with Crippen molar-refractivity contribution in [2.24, 2.45) is 5.92 Å². The largest absolute Gasteiger partial charge is 0.489 e. The summed E-state index contributed by atoms with van der Waals surface area (Å²) in [6.07, 6.45) is 1.23. The smallest absolute Gasteiger partial charge is 0.254 e. The van der Waals surface area contributed by atoms with Gasteiger partial charge in [-0.05, 0) is 59.5 Å². The van der Waals surface area contributed by atoms with Gasteiger partial charge in [0, 0.05) is 36.3 Å². The fourth-order valence-corrected chi connectivity index (χ4v) is 4.58. The van der Waals surface area contributed by atoms with E-state index in [1.165, 1.54) is 12.1 Å². The Kier molecular flexibility index (Phi) is 6.94. The van der Waals surface area contributed by atoms with Gasteiger partial charge in [0.2, 0.25) is 5.91 Å². The minimum absolute atomic E-state index is 0.0108. The summed E-state index contributed by atoms with van der Waals surface area (Å²) in [6, 6.07) is 27.1. The molecule has 36 heavy (non-hydrogen) atoms. The summed E-state index contributed by atoms with van der Waals surface area (Å²) in [5, 5.41) is 4.98. The summed E-state index contributed by atoms with van der Waals surface area (Å²) in [4.78, 5) is 28.0. The van der Waals surface area contributed by atoms with Gasteiger partial charge in [-0.25, -0.2) is 4.39 Å². The lowest BCUT2D eigenvalue weighted by molar-refractivity contribution is -0.121. The van der Waals surface area contributed by atoms with Crippen LogP contribution >= 0.6 is 0 Å². The maximum absolute atomic E-state index is 13.2. The van der Waals surface area contributed by atoms with Crippen LogP contribution in [0.1, 0.15) is 28.8 Å². The first-order valence-electron chi connectivity index (χ1n) is 12.1. The molecule has 6 heteroatoms. The number of likely N-dealkylation sites (tertiary alicyclic amines) is 1. The zero-order valence-corrected chi connectivity index (χ0v) is 19.8. The van der Waals surface area contributed by atoms with E-state index in [0.29, 0.717) is 49.5 Å². The number of fused-ring (bicyclic) bond motifs is 1. The molecule has 0 unspecified atom stereocenters. The summed E-state index contributed by atoms with van der Waals surface area (Å²) in [5.74, 6) is 0.129. The van der Waals surface area contributed by atoms with Crippen molar-refractivity contribution in [3.63, 3.8) is 0 Å². The van der Waals surface area contributed by atoms with E-state index < -0.39 is 0 Å². The molecule has 5 rings (SSSR count). The van der Waals surface area contributed by atoms with E-state index in [4.69, 9.17) is 4.74 Å². The van der Waals surface area contributed by atoms with E-state index in [-0.39, 0.29) is 23.5 Å². The summed E-state index contributed by atoms with van der Waals surface area (Å²) >= 11 is 0. The van der Waals surface area contributed by atoms with Crippen LogP contribution in [0.25, 0.3) is 10.8 Å². The molecule has 0 atom stereocenters. The first-order chi connectivity index (χ1) is 17.6. The number of rotatable bonds is 6. The Balaban J connectivity index is 1.16. The highest BCUT2D eigenvalue weighted by Crippen LogP contribution is 2.25. The van der Waals surface area contributed by atoms with Crippen molar-refractivity contribution in [3.05, 3.63) is 108 Å². The Hall–Kier alpha value is -4.19. The molecule has 1 N–H and O–H groups in total. The van der Waals surface area contributed by atoms with Crippen molar-refractivity contribution < 1.29 is 18.7 Å². The van der Waals surface area contributed by atoms with Gasteiger partial charge >= 0.3 is 0 Å². The number of carbonyl (C=O) groups is 2. The van der Waals surface area contributed by atoms with Crippen molar-refractivity contribution in [2.75, 3.05) is 18.4 Å². The third kappa shape index (κ3) is 5.38. The molecule has 1 saturated heterocycles. The van der Waals surface area contributed by atoms with Crippen LogP contribution in [-0.4, -0.2) is 29.8 Å². The van der Waals surface area contributed by atoms with Gasteiger partial charge in [-0.15, -0.1) is 0 Å². The normalized spacial score (nSPS) is 14.0. The molecule has 182 valence electrons. The van der Waals surface area contributed by atoms with Crippen molar-refractivity contribution in [1.29, 1.82) is 0 Å². The Morgan fingerprint density at radius 2 is 1.61 bits per heavy atom. The maximum atomic E-state index is 13.2. The summed E-state index contributed by atoms with van der Waals surface area (Å²) in [7, 11) is 0. The average Bonchev–Trinajstić information content (AvgIpc) is 2.92. The molecular weight excluding hydrogens is 455 g/mol. The highest BCUT2D eigenvalue weighted by atomic mass is 19.1. The second kappa shape index (κ2) is 10.6. The first kappa shape index (κ1) is 23.5. The first-order valence-corrected chi connectivity index (χ1v) is 12.1. The zero-order valence-electron chi connectivity index (χ0n) is 19.8. The van der Waals surface area contributed by atoms with E-state index in [2.05, 4.69) is 5.32 Å². The van der Waals surface area contributed by atoms with Crippen molar-refractivity contribution in [1.82, 2.24) is 4.90 Å². The number of nitrogens with one attached hydrogen (secondary N) is 1. The van der Waals surface area contributed by atoms with Gasteiger partial charge in [0.25, 0.3) is 5.91 Å². The van der Waals surface area contributed by atoms with Gasteiger partial charge < -0.3 is 15.0 Å². The number of amides is 2. The zero-order chi connectivity index (χ0) is 24.9. The molecule has 2 amide bonds. The Bertz CT molecular complexity index is 1370. The Morgan fingerprint density at radius 3 is 2.42 bits per heavy atom. The number of carbonyl (C=O) groups excluding carboxylic acids is 2. The molecule has 1 fully saturated rings. The predicted molar refractivity (Wildman–Crippen MR) is 138 cm³/mol. The molecule has 0 saturated carbocycles. The van der Waals surface area contributed by atoms with Crippen LogP contribution < -0.4 is 10.1 Å². The number of halogens is 1. The number of benzene rings is 4. The van der Waals surface area contributed by atoms with Gasteiger partial charge in [-0.1, -0.05) is 54.6 Å². The number of ether oxygens (including phenoxy) is 1. The molecular formula is C30H27FN2O3. The second-order valence-electron chi connectivity index (χ2n) is 9.03. The quantitative estimate of drug-likeness (QED) is 0.364. The molecule has 1 aliphatic rings. The van der Waals surface area contributed by atoms with Crippen molar-refractivity contribution in [2.45, 2.75) is 19.4 Å². The van der Waals surface area contributed by atoms with Crippen molar-refractivity contribution in [3.8, 4) is 5.75 Å². The van der Waals surface area contributed by atoms with Crippen LogP contribution in [0.4, 0.5) is 10.1 Å². The van der Waals surface area contributed by atoms with Crippen LogP contribution in [0.2, 0.25) is 0 Å². The SMILES string of the molecule is O=C(Nc1cccc(OCc2ccc(F)cc2)c1)C1CCN(C(=O)c2cccc3ccccc23)CC1. The van der Waals surface area contributed by atoms with Gasteiger partial charge in [0.05, 0.1) is 0 Å². The van der Waals surface area contributed by atoms with Crippen LogP contribution in [0.5, 0.6) is 5.75 Å². The standard InChI is InChI=1S/C30H27FN2O3/c31-24-13-11-21(12-14-24)20-36-26-8-4-7-25(19-26)32-29(34)23-15-17-33(18-16-23)30(35)28-10-3-6-22-5-1-2-9-27(22)28/h1-14,19,23H,15-18,20H2,(H,32,34). The molecule has 5 nitrogen and oxygen atoms in total. The number of anilines is 1. The van der Waals surface area contributed by atoms with Gasteiger partial charge in [-0.3, -0.25) is 9.59 Å². The van der Waals surface area contributed by atoms with Crippen LogP contribution in [0.3, 0.4) is 0 Å². The maximum Gasteiger partial charge on any atom is 0.254 e. The monoisotopic (exact) mass is 482 g/mol. The molecule has 4 aromatic carbocycles. The Morgan fingerprint density at radius 1 is 0.889 bits per heavy atom. The molecule has 1 aliphatic heterocycles. The van der Waals surface area contributed by atoms with E-state index in [1.807, 2.05) is 65.6 Å². The minimum atomic E-state index is -0.285. The van der Waals surface area contributed by atoms with Crippen LogP contribution in [0, 0.1) is 11.7 Å². The fraction of sp³-hybridized carbons (Fsp3) is 0.200. The van der Waals surface area contributed by atoms with Gasteiger partial charge in [0.1, 0.15) is 18.2 Å². The van der Waals surface area contributed by atoms with Crippen LogP contribution in [-0.2, 0) is 11.4 Å². The van der Waals surface area contributed by atoms with E-state index >= 15 is 0 Å².